The topological polar surface area (TPSA) is 32.3 Å². The predicted octanol–water partition coefficient (Wildman–Crippen LogP) is 10.4. The Kier molecular flexibility index (Phi) is 6.17. The number of benzene rings is 5. The Bertz CT molecular complexity index is 1820. The van der Waals surface area contributed by atoms with E-state index in [1.54, 1.807) is 0 Å². The van der Waals surface area contributed by atoms with E-state index in [0.717, 1.165) is 56.1 Å². The summed E-state index contributed by atoms with van der Waals surface area (Å²) in [5, 5.41) is 0.904. The van der Waals surface area contributed by atoms with Crippen molar-refractivity contribution in [1.29, 1.82) is 0 Å². The van der Waals surface area contributed by atoms with E-state index in [1.807, 2.05) is 0 Å². The van der Waals surface area contributed by atoms with Crippen LogP contribution in [0.1, 0.15) is 26.3 Å². The van der Waals surface area contributed by atoms with E-state index in [2.05, 4.69) is 158 Å². The van der Waals surface area contributed by atoms with Crippen LogP contribution in [0, 0.1) is 0 Å². The monoisotopic (exact) mass is 550 g/mol. The van der Waals surface area contributed by atoms with Gasteiger partial charge in [-0.15, -0.1) is 0 Å². The molecule has 4 nitrogen and oxygen atoms in total. The fraction of sp³-hybridized carbons (Fsp3) is 0.111. The molecule has 2 heterocycles. The number of aromatic nitrogens is 2. The summed E-state index contributed by atoms with van der Waals surface area (Å²) in [5.74, 6) is 0.763. The number of fused-ring (bicyclic) bond motifs is 2. The van der Waals surface area contributed by atoms with Gasteiger partial charge in [0, 0.05) is 22.5 Å². The van der Waals surface area contributed by atoms with Crippen LogP contribution in [-0.2, 0) is 5.41 Å². The lowest BCUT2D eigenvalue weighted by atomic mass is 9.87. The molecule has 1 aromatic heterocycles. The number of nitrogens with zero attached hydrogens (tertiary/aromatic N) is 4. The van der Waals surface area contributed by atoms with Crippen molar-refractivity contribution in [2.45, 2.75) is 26.2 Å². The molecule has 6 aromatic rings. The third kappa shape index (κ3) is 4.58. The predicted molar refractivity (Wildman–Crippen MR) is 172 cm³/mol. The maximum atomic E-state index is 4.99. The highest BCUT2D eigenvalue weighted by molar-refractivity contribution is 7.09. The highest BCUT2D eigenvalue weighted by Gasteiger charge is 2.30. The smallest absolute Gasteiger partial charge is 0.173 e. The van der Waals surface area contributed by atoms with E-state index < -0.39 is 0 Å². The first kappa shape index (κ1) is 25.2. The SMILES string of the molecule is CC(C)(C)c1ccc(-c2nsc(-c3ccc4c(c3)N(c3ccccc3)c3ccccc3N4c3ccccc3)n2)cc1. The van der Waals surface area contributed by atoms with Crippen LogP contribution in [0.25, 0.3) is 22.0 Å². The molecule has 0 atom stereocenters. The minimum Gasteiger partial charge on any atom is -0.306 e. The van der Waals surface area contributed by atoms with Crippen LogP contribution >= 0.6 is 11.5 Å². The molecule has 0 saturated heterocycles. The maximum absolute atomic E-state index is 4.99. The summed E-state index contributed by atoms with van der Waals surface area (Å²) in [5.41, 5.74) is 10.2. The molecular formula is C36H30N4S. The Morgan fingerprint density at radius 3 is 1.63 bits per heavy atom. The van der Waals surface area contributed by atoms with Crippen LogP contribution in [-0.4, -0.2) is 9.36 Å². The average molecular weight is 551 g/mol. The van der Waals surface area contributed by atoms with E-state index in [1.165, 1.54) is 17.1 Å². The third-order valence-electron chi connectivity index (χ3n) is 7.53. The standard InChI is InChI=1S/C36H30N4S/c1-36(2,3)27-21-18-25(19-22-27)34-37-35(41-38-34)26-20-23-32-33(24-26)40(29-14-8-5-9-15-29)31-17-11-10-16-30(31)39(32)28-12-6-4-7-13-28/h4-24H,1-3H3. The second kappa shape index (κ2) is 10.0. The zero-order valence-corrected chi connectivity index (χ0v) is 24.1. The molecule has 1 aliphatic rings. The van der Waals surface area contributed by atoms with Crippen molar-refractivity contribution in [2.24, 2.45) is 0 Å². The highest BCUT2D eigenvalue weighted by atomic mass is 32.1. The Morgan fingerprint density at radius 2 is 1.05 bits per heavy atom. The Hall–Kier alpha value is -4.74. The quantitative estimate of drug-likeness (QED) is 0.218. The molecule has 0 fully saturated rings. The summed E-state index contributed by atoms with van der Waals surface area (Å²) in [7, 11) is 0. The first-order valence-electron chi connectivity index (χ1n) is 13.9. The van der Waals surface area contributed by atoms with Gasteiger partial charge in [0.05, 0.1) is 22.7 Å². The van der Waals surface area contributed by atoms with Gasteiger partial charge in [-0.1, -0.05) is 93.6 Å². The van der Waals surface area contributed by atoms with E-state index in [-0.39, 0.29) is 5.41 Å². The molecule has 0 bridgehead atoms. The zero-order chi connectivity index (χ0) is 28.0. The molecule has 1 aliphatic heterocycles. The molecule has 0 N–H and O–H groups in total. The van der Waals surface area contributed by atoms with E-state index in [4.69, 9.17) is 9.36 Å². The molecule has 5 aromatic carbocycles. The third-order valence-corrected chi connectivity index (χ3v) is 8.30. The van der Waals surface area contributed by atoms with Crippen molar-refractivity contribution in [1.82, 2.24) is 9.36 Å². The Morgan fingerprint density at radius 1 is 0.537 bits per heavy atom. The van der Waals surface area contributed by atoms with Crippen LogP contribution in [0.2, 0.25) is 0 Å². The van der Waals surface area contributed by atoms with Gasteiger partial charge < -0.3 is 9.80 Å². The van der Waals surface area contributed by atoms with E-state index in [0.29, 0.717) is 0 Å². The minimum absolute atomic E-state index is 0.110. The summed E-state index contributed by atoms with van der Waals surface area (Å²) in [4.78, 5) is 9.68. The molecule has 0 amide bonds. The number of hydrogen-bond acceptors (Lipinski definition) is 5. The summed E-state index contributed by atoms with van der Waals surface area (Å²) in [6.45, 7) is 6.69. The molecule has 0 spiro atoms. The van der Waals surface area contributed by atoms with Gasteiger partial charge in [-0.2, -0.15) is 4.37 Å². The molecule has 0 unspecified atom stereocenters. The van der Waals surface area contributed by atoms with Crippen LogP contribution in [0.5, 0.6) is 0 Å². The zero-order valence-electron chi connectivity index (χ0n) is 23.3. The van der Waals surface area contributed by atoms with Gasteiger partial charge in [-0.3, -0.25) is 0 Å². The van der Waals surface area contributed by atoms with Crippen LogP contribution in [0.15, 0.2) is 127 Å². The molecule has 0 aliphatic carbocycles. The second-order valence-electron chi connectivity index (χ2n) is 11.3. The summed E-state index contributed by atoms with van der Waals surface area (Å²) >= 11 is 1.44. The van der Waals surface area contributed by atoms with Crippen LogP contribution in [0.3, 0.4) is 0 Å². The van der Waals surface area contributed by atoms with Crippen LogP contribution < -0.4 is 9.80 Å². The lowest BCUT2D eigenvalue weighted by molar-refractivity contribution is 0.590. The minimum atomic E-state index is 0.110. The Balaban J connectivity index is 1.35. The second-order valence-corrected chi connectivity index (χ2v) is 12.0. The number of rotatable bonds is 4. The van der Waals surface area contributed by atoms with Crippen molar-refractivity contribution in [3.8, 4) is 22.0 Å². The fourth-order valence-electron chi connectivity index (χ4n) is 5.41. The van der Waals surface area contributed by atoms with Crippen molar-refractivity contribution in [3.05, 3.63) is 133 Å². The van der Waals surface area contributed by atoms with Gasteiger partial charge in [-0.25, -0.2) is 4.98 Å². The van der Waals surface area contributed by atoms with Gasteiger partial charge in [0.15, 0.2) is 5.82 Å². The molecule has 5 heteroatoms. The summed E-state index contributed by atoms with van der Waals surface area (Å²) in [6, 6.07) is 45.0. The van der Waals surface area contributed by atoms with Gasteiger partial charge in [0.25, 0.3) is 0 Å². The first-order chi connectivity index (χ1) is 20.0. The normalized spacial score (nSPS) is 12.7. The molecule has 7 rings (SSSR count). The Labute approximate surface area is 245 Å². The van der Waals surface area contributed by atoms with E-state index in [9.17, 15) is 0 Å². The van der Waals surface area contributed by atoms with Gasteiger partial charge in [-0.05, 0) is 77.1 Å². The molecule has 200 valence electrons. The molecule has 0 radical (unpaired) electrons. The highest BCUT2D eigenvalue weighted by Crippen LogP contribution is 2.54. The summed E-state index contributed by atoms with van der Waals surface area (Å²) in [6.07, 6.45) is 0. The van der Waals surface area contributed by atoms with Crippen molar-refractivity contribution in [2.75, 3.05) is 9.80 Å². The largest absolute Gasteiger partial charge is 0.306 e. The van der Waals surface area contributed by atoms with Crippen molar-refractivity contribution >= 4 is 45.7 Å². The molecular weight excluding hydrogens is 520 g/mol. The van der Waals surface area contributed by atoms with Gasteiger partial charge >= 0.3 is 0 Å². The average Bonchev–Trinajstić information content (AvgIpc) is 3.51. The maximum Gasteiger partial charge on any atom is 0.173 e. The first-order valence-corrected chi connectivity index (χ1v) is 14.6. The number of para-hydroxylation sites is 4. The van der Waals surface area contributed by atoms with Gasteiger partial charge in [0.1, 0.15) is 5.01 Å². The summed E-state index contributed by atoms with van der Waals surface area (Å²) < 4.78 is 4.75. The van der Waals surface area contributed by atoms with Crippen molar-refractivity contribution < 1.29 is 0 Å². The van der Waals surface area contributed by atoms with E-state index >= 15 is 0 Å². The number of hydrogen-bond donors (Lipinski definition) is 0. The molecule has 41 heavy (non-hydrogen) atoms. The van der Waals surface area contributed by atoms with Gasteiger partial charge in [0.2, 0.25) is 0 Å². The lowest BCUT2D eigenvalue weighted by Crippen LogP contribution is -2.23. The number of anilines is 6. The van der Waals surface area contributed by atoms with Crippen LogP contribution in [0.4, 0.5) is 34.1 Å². The fourth-order valence-corrected chi connectivity index (χ4v) is 6.09. The lowest BCUT2D eigenvalue weighted by Gasteiger charge is -2.40. The molecule has 0 saturated carbocycles. The van der Waals surface area contributed by atoms with Crippen molar-refractivity contribution in [3.63, 3.8) is 0 Å².